The highest BCUT2D eigenvalue weighted by atomic mass is 19.1. The van der Waals surface area contributed by atoms with Crippen LogP contribution in [0.4, 0.5) is 4.39 Å². The third-order valence-electron chi connectivity index (χ3n) is 3.81. The molecule has 0 aliphatic carbocycles. The Kier molecular flexibility index (Phi) is 3.10. The number of rotatable bonds is 2. The number of halogens is 1. The lowest BCUT2D eigenvalue weighted by Gasteiger charge is -2.08. The molecule has 0 bridgehead atoms. The summed E-state index contributed by atoms with van der Waals surface area (Å²) in [6.45, 7) is 0. The van der Waals surface area contributed by atoms with Crippen LogP contribution in [0.5, 0.6) is 0 Å². The predicted octanol–water partition coefficient (Wildman–Crippen LogP) is 2.81. The molecule has 0 saturated heterocycles. The molecule has 0 saturated carbocycles. The van der Waals surface area contributed by atoms with Crippen molar-refractivity contribution in [1.29, 1.82) is 5.26 Å². The van der Waals surface area contributed by atoms with Gasteiger partial charge in [-0.05, 0) is 18.2 Å². The lowest BCUT2D eigenvalue weighted by Crippen LogP contribution is -1.94. The first-order valence-electron chi connectivity index (χ1n) is 7.18. The van der Waals surface area contributed by atoms with E-state index in [1.54, 1.807) is 21.5 Å². The Bertz CT molecular complexity index is 1080. The van der Waals surface area contributed by atoms with Crippen molar-refractivity contribution in [2.24, 2.45) is 7.05 Å². The van der Waals surface area contributed by atoms with E-state index in [1.807, 2.05) is 25.5 Å². The number of nitrogens with zero attached hydrogens (tertiary/aromatic N) is 6. The van der Waals surface area contributed by atoms with Gasteiger partial charge in [-0.3, -0.25) is 4.68 Å². The molecule has 4 heterocycles. The quantitative estimate of drug-likeness (QED) is 0.533. The molecular formula is C17H11FN6. The summed E-state index contributed by atoms with van der Waals surface area (Å²) in [5, 5.41) is 17.8. The first-order valence-corrected chi connectivity index (χ1v) is 7.18. The Morgan fingerprint density at radius 3 is 2.58 bits per heavy atom. The van der Waals surface area contributed by atoms with E-state index in [9.17, 15) is 9.65 Å². The number of aryl methyl sites for hydroxylation is 1. The Labute approximate surface area is 136 Å². The minimum atomic E-state index is -0.549. The third kappa shape index (κ3) is 2.21. The molecule has 0 N–H and O–H groups in total. The molecule has 4 rings (SSSR count). The van der Waals surface area contributed by atoms with Crippen molar-refractivity contribution in [1.82, 2.24) is 24.4 Å². The Morgan fingerprint density at radius 2 is 1.92 bits per heavy atom. The van der Waals surface area contributed by atoms with E-state index < -0.39 is 5.95 Å². The summed E-state index contributed by atoms with van der Waals surface area (Å²) >= 11 is 0. The fraction of sp³-hybridized carbons (Fsp3) is 0.0588. The van der Waals surface area contributed by atoms with Gasteiger partial charge >= 0.3 is 0 Å². The van der Waals surface area contributed by atoms with Gasteiger partial charge in [0.1, 0.15) is 6.07 Å². The van der Waals surface area contributed by atoms with Crippen molar-refractivity contribution in [3.8, 4) is 28.3 Å². The molecule has 0 amide bonds. The van der Waals surface area contributed by atoms with E-state index in [1.165, 1.54) is 18.5 Å². The highest BCUT2D eigenvalue weighted by Crippen LogP contribution is 2.31. The summed E-state index contributed by atoms with van der Waals surface area (Å²) in [5.74, 6) is -0.549. The van der Waals surface area contributed by atoms with Crippen LogP contribution in [0.2, 0.25) is 0 Å². The molecule has 0 aliphatic heterocycles. The van der Waals surface area contributed by atoms with Gasteiger partial charge in [-0.25, -0.2) is 9.50 Å². The molecule has 0 radical (unpaired) electrons. The topological polar surface area (TPSA) is 71.8 Å². The minimum Gasteiger partial charge on any atom is -0.275 e. The number of hydrogen-bond donors (Lipinski definition) is 0. The fourth-order valence-electron chi connectivity index (χ4n) is 2.69. The van der Waals surface area contributed by atoms with Crippen LogP contribution < -0.4 is 0 Å². The van der Waals surface area contributed by atoms with Crippen molar-refractivity contribution in [3.63, 3.8) is 0 Å². The zero-order valence-corrected chi connectivity index (χ0v) is 12.7. The van der Waals surface area contributed by atoms with E-state index in [2.05, 4.69) is 21.3 Å². The summed E-state index contributed by atoms with van der Waals surface area (Å²) < 4.78 is 16.5. The number of aromatic nitrogens is 5. The van der Waals surface area contributed by atoms with Crippen molar-refractivity contribution in [2.75, 3.05) is 0 Å². The molecule has 116 valence electrons. The molecule has 6 nitrogen and oxygen atoms in total. The highest BCUT2D eigenvalue weighted by Gasteiger charge is 2.14. The molecule has 0 unspecified atom stereocenters. The van der Waals surface area contributed by atoms with Gasteiger partial charge < -0.3 is 0 Å². The zero-order valence-electron chi connectivity index (χ0n) is 12.7. The summed E-state index contributed by atoms with van der Waals surface area (Å²) in [6, 6.07) is 7.01. The Balaban J connectivity index is 2.02. The maximum Gasteiger partial charge on any atom is 0.212 e. The van der Waals surface area contributed by atoms with Crippen LogP contribution in [0.3, 0.4) is 0 Å². The molecule has 4 aromatic heterocycles. The van der Waals surface area contributed by atoms with Gasteiger partial charge in [-0.2, -0.15) is 19.8 Å². The summed E-state index contributed by atoms with van der Waals surface area (Å²) in [5.41, 5.74) is 4.40. The average molecular weight is 318 g/mol. The van der Waals surface area contributed by atoms with Crippen molar-refractivity contribution in [3.05, 3.63) is 60.7 Å². The average Bonchev–Trinajstić information content (AvgIpc) is 3.20. The van der Waals surface area contributed by atoms with Crippen LogP contribution in [0, 0.1) is 17.3 Å². The van der Waals surface area contributed by atoms with Crippen LogP contribution in [0.1, 0.15) is 5.56 Å². The normalized spacial score (nSPS) is 10.9. The van der Waals surface area contributed by atoms with Crippen LogP contribution in [-0.4, -0.2) is 24.4 Å². The predicted molar refractivity (Wildman–Crippen MR) is 85.3 cm³/mol. The number of pyridine rings is 2. The number of fused-ring (bicyclic) bond motifs is 1. The van der Waals surface area contributed by atoms with E-state index in [-0.39, 0.29) is 0 Å². The SMILES string of the molecule is Cn1cc(-c2cc(-c3ccc(F)nc3)c3c(C#N)cnn3c2)cn1. The van der Waals surface area contributed by atoms with E-state index >= 15 is 0 Å². The van der Waals surface area contributed by atoms with Gasteiger partial charge in [0.2, 0.25) is 5.95 Å². The number of hydrogen-bond acceptors (Lipinski definition) is 4. The number of nitriles is 1. The molecule has 24 heavy (non-hydrogen) atoms. The molecule has 4 aromatic rings. The monoisotopic (exact) mass is 318 g/mol. The first kappa shape index (κ1) is 14.1. The molecule has 0 fully saturated rings. The van der Waals surface area contributed by atoms with Crippen LogP contribution in [-0.2, 0) is 7.05 Å². The maximum atomic E-state index is 13.2. The lowest BCUT2D eigenvalue weighted by molar-refractivity contribution is 0.584. The van der Waals surface area contributed by atoms with Gasteiger partial charge in [0.15, 0.2) is 0 Å². The van der Waals surface area contributed by atoms with E-state index in [4.69, 9.17) is 0 Å². The highest BCUT2D eigenvalue weighted by molar-refractivity contribution is 5.87. The van der Waals surface area contributed by atoms with Gasteiger partial charge in [-0.15, -0.1) is 0 Å². The maximum absolute atomic E-state index is 13.2. The second kappa shape index (κ2) is 5.28. The van der Waals surface area contributed by atoms with Crippen LogP contribution in [0.15, 0.2) is 49.2 Å². The first-order chi connectivity index (χ1) is 11.7. The molecule has 0 atom stereocenters. The van der Waals surface area contributed by atoms with E-state index in [0.29, 0.717) is 16.6 Å². The standard InChI is InChI=1S/C17H11FN6/c1-23-9-14(8-21-23)12-4-15(11-2-3-16(18)20-6-11)17-13(5-19)7-22-24(17)10-12/h2-4,6-10H,1H3. The second-order valence-corrected chi connectivity index (χ2v) is 5.38. The molecule has 0 spiro atoms. The molecular weight excluding hydrogens is 307 g/mol. The van der Waals surface area contributed by atoms with Crippen molar-refractivity contribution < 1.29 is 4.39 Å². The molecule has 0 aromatic carbocycles. The van der Waals surface area contributed by atoms with Crippen molar-refractivity contribution in [2.45, 2.75) is 0 Å². The summed E-state index contributed by atoms with van der Waals surface area (Å²) in [7, 11) is 1.84. The van der Waals surface area contributed by atoms with E-state index in [0.717, 1.165) is 16.7 Å². The fourth-order valence-corrected chi connectivity index (χ4v) is 2.69. The van der Waals surface area contributed by atoms with Gasteiger partial charge in [0, 0.05) is 47.9 Å². The lowest BCUT2D eigenvalue weighted by atomic mass is 10.0. The largest absolute Gasteiger partial charge is 0.275 e. The third-order valence-corrected chi connectivity index (χ3v) is 3.81. The molecule has 7 heteroatoms. The van der Waals surface area contributed by atoms with Crippen molar-refractivity contribution >= 4 is 5.52 Å². The molecule has 0 aliphatic rings. The van der Waals surface area contributed by atoms with Gasteiger partial charge in [0.05, 0.1) is 23.5 Å². The minimum absolute atomic E-state index is 0.451. The summed E-state index contributed by atoms with van der Waals surface area (Å²) in [6.07, 6.45) is 8.45. The zero-order chi connectivity index (χ0) is 16.7. The Hall–Kier alpha value is -3.53. The summed E-state index contributed by atoms with van der Waals surface area (Å²) in [4.78, 5) is 3.71. The van der Waals surface area contributed by atoms with Gasteiger partial charge in [0.25, 0.3) is 0 Å². The van der Waals surface area contributed by atoms with Crippen LogP contribution in [0.25, 0.3) is 27.8 Å². The van der Waals surface area contributed by atoms with Gasteiger partial charge in [-0.1, -0.05) is 0 Å². The smallest absolute Gasteiger partial charge is 0.212 e. The van der Waals surface area contributed by atoms with Crippen LogP contribution >= 0.6 is 0 Å². The Morgan fingerprint density at radius 1 is 1.04 bits per heavy atom. The second-order valence-electron chi connectivity index (χ2n) is 5.38.